The Balaban J connectivity index is 2.14. The molecule has 0 fully saturated rings. The minimum atomic E-state index is -1.52. The molecule has 0 bridgehead atoms. The highest BCUT2D eigenvalue weighted by atomic mass is 19.1. The number of hydrogen-bond acceptors (Lipinski definition) is 5. The number of aromatic nitrogens is 2. The van der Waals surface area contributed by atoms with Crippen LogP contribution in [0.15, 0.2) is 35.3 Å². The zero-order chi connectivity index (χ0) is 19.0. The standard InChI is InChI=1S/C18H15FN2O5/c1-21-12-6-9(5-10-3-4-11(19)7-13(10)26-2)8-20-15(12)16(22)14(17(21)23)18(24)25/h3-4,6-8,22H,5H2,1-2H3,(H,24,25). The van der Waals surface area contributed by atoms with Gasteiger partial charge in [0.2, 0.25) is 0 Å². The van der Waals surface area contributed by atoms with E-state index in [2.05, 4.69) is 4.98 Å². The van der Waals surface area contributed by atoms with Crippen LogP contribution in [0.3, 0.4) is 0 Å². The Labute approximate surface area is 146 Å². The highest BCUT2D eigenvalue weighted by Crippen LogP contribution is 2.27. The van der Waals surface area contributed by atoms with Crippen molar-refractivity contribution in [2.75, 3.05) is 7.11 Å². The van der Waals surface area contributed by atoms with Crippen LogP contribution >= 0.6 is 0 Å². The van der Waals surface area contributed by atoms with E-state index in [9.17, 15) is 19.1 Å². The summed E-state index contributed by atoms with van der Waals surface area (Å²) in [4.78, 5) is 27.5. The maximum atomic E-state index is 13.3. The lowest BCUT2D eigenvalue weighted by Gasteiger charge is -2.12. The molecule has 2 N–H and O–H groups in total. The number of methoxy groups -OCH3 is 1. The smallest absolute Gasteiger partial charge is 0.345 e. The molecule has 0 aliphatic heterocycles. The number of carbonyl (C=O) groups is 1. The molecule has 0 spiro atoms. The van der Waals surface area contributed by atoms with Gasteiger partial charge in [-0.2, -0.15) is 0 Å². The Bertz CT molecular complexity index is 1090. The molecule has 0 aliphatic carbocycles. The Morgan fingerprint density at radius 1 is 1.35 bits per heavy atom. The van der Waals surface area contributed by atoms with E-state index in [4.69, 9.17) is 9.84 Å². The van der Waals surface area contributed by atoms with Crippen LogP contribution < -0.4 is 10.3 Å². The summed E-state index contributed by atoms with van der Waals surface area (Å²) in [6, 6.07) is 5.79. The Morgan fingerprint density at radius 3 is 2.73 bits per heavy atom. The number of carboxylic acid groups (broad SMARTS) is 1. The first-order valence-corrected chi connectivity index (χ1v) is 7.59. The summed E-state index contributed by atoms with van der Waals surface area (Å²) in [5.74, 6) is -2.23. The molecular formula is C18H15FN2O5. The summed E-state index contributed by atoms with van der Waals surface area (Å²) in [6.45, 7) is 0. The molecule has 0 radical (unpaired) electrons. The second kappa shape index (κ2) is 6.47. The quantitative estimate of drug-likeness (QED) is 0.740. The molecule has 0 saturated heterocycles. The number of nitrogens with zero attached hydrogens (tertiary/aromatic N) is 2. The molecule has 0 aliphatic rings. The number of benzene rings is 1. The van der Waals surface area contributed by atoms with Gasteiger partial charge in [-0.1, -0.05) is 6.07 Å². The molecule has 2 heterocycles. The fourth-order valence-electron chi connectivity index (χ4n) is 2.80. The number of halogens is 1. The van der Waals surface area contributed by atoms with Gasteiger partial charge < -0.3 is 19.5 Å². The van der Waals surface area contributed by atoms with E-state index in [-0.39, 0.29) is 11.0 Å². The van der Waals surface area contributed by atoms with Gasteiger partial charge in [0.25, 0.3) is 5.56 Å². The van der Waals surface area contributed by atoms with E-state index in [0.29, 0.717) is 23.3 Å². The van der Waals surface area contributed by atoms with Crippen LogP contribution in [0.25, 0.3) is 11.0 Å². The van der Waals surface area contributed by atoms with Gasteiger partial charge in [0.15, 0.2) is 11.3 Å². The fourth-order valence-corrected chi connectivity index (χ4v) is 2.80. The average molecular weight is 358 g/mol. The van der Waals surface area contributed by atoms with Crippen LogP contribution in [0.4, 0.5) is 4.39 Å². The van der Waals surface area contributed by atoms with E-state index in [1.165, 1.54) is 32.5 Å². The lowest BCUT2D eigenvalue weighted by molar-refractivity contribution is 0.0691. The molecule has 0 atom stereocenters. The van der Waals surface area contributed by atoms with Crippen LogP contribution in [-0.4, -0.2) is 32.8 Å². The van der Waals surface area contributed by atoms with Gasteiger partial charge in [0.05, 0.1) is 12.6 Å². The Kier molecular flexibility index (Phi) is 4.33. The van der Waals surface area contributed by atoms with Crippen molar-refractivity contribution in [2.45, 2.75) is 6.42 Å². The summed E-state index contributed by atoms with van der Waals surface area (Å²) in [7, 11) is 2.84. The van der Waals surface area contributed by atoms with Gasteiger partial charge in [-0.05, 0) is 23.3 Å². The van der Waals surface area contributed by atoms with Crippen molar-refractivity contribution in [3.05, 3.63) is 63.3 Å². The maximum absolute atomic E-state index is 13.3. The summed E-state index contributed by atoms with van der Waals surface area (Å²) in [5, 5.41) is 19.2. The molecule has 2 aromatic heterocycles. The zero-order valence-electron chi connectivity index (χ0n) is 14.0. The monoisotopic (exact) mass is 358 g/mol. The second-order valence-corrected chi connectivity index (χ2v) is 5.74. The molecule has 1 aromatic carbocycles. The summed E-state index contributed by atoms with van der Waals surface area (Å²) in [5.41, 5.74) is 0.142. The van der Waals surface area contributed by atoms with Crippen molar-refractivity contribution in [3.8, 4) is 11.5 Å². The number of aromatic hydroxyl groups is 1. The second-order valence-electron chi connectivity index (χ2n) is 5.74. The van der Waals surface area contributed by atoms with Crippen LogP contribution in [0.5, 0.6) is 11.5 Å². The topological polar surface area (TPSA) is 102 Å². The minimum Gasteiger partial charge on any atom is -0.505 e. The highest BCUT2D eigenvalue weighted by Gasteiger charge is 2.21. The predicted molar refractivity (Wildman–Crippen MR) is 91.4 cm³/mol. The van der Waals surface area contributed by atoms with Crippen molar-refractivity contribution in [1.29, 1.82) is 0 Å². The molecule has 0 amide bonds. The number of aryl methyl sites for hydroxylation is 1. The molecule has 0 saturated carbocycles. The third-order valence-electron chi connectivity index (χ3n) is 4.12. The SMILES string of the molecule is COc1cc(F)ccc1Cc1cnc2c(O)c(C(=O)O)c(=O)n(C)c2c1. The van der Waals surface area contributed by atoms with Gasteiger partial charge in [-0.15, -0.1) is 0 Å². The molecule has 0 unspecified atom stereocenters. The van der Waals surface area contributed by atoms with Crippen LogP contribution in [0.1, 0.15) is 21.5 Å². The molecule has 134 valence electrons. The third-order valence-corrected chi connectivity index (χ3v) is 4.12. The average Bonchev–Trinajstić information content (AvgIpc) is 2.61. The molecule has 3 rings (SSSR count). The number of pyridine rings is 2. The molecule has 26 heavy (non-hydrogen) atoms. The normalized spacial score (nSPS) is 10.9. The van der Waals surface area contributed by atoms with Crippen molar-refractivity contribution in [3.63, 3.8) is 0 Å². The van der Waals surface area contributed by atoms with E-state index in [0.717, 1.165) is 4.57 Å². The molecule has 8 heteroatoms. The zero-order valence-corrected chi connectivity index (χ0v) is 14.0. The number of ether oxygens (including phenoxy) is 1. The van der Waals surface area contributed by atoms with E-state index in [1.807, 2.05) is 0 Å². The number of aromatic carboxylic acids is 1. The third kappa shape index (κ3) is 2.85. The lowest BCUT2D eigenvalue weighted by Crippen LogP contribution is -2.25. The molecular weight excluding hydrogens is 343 g/mol. The fraction of sp³-hybridized carbons (Fsp3) is 0.167. The minimum absolute atomic E-state index is 0.0133. The number of carboxylic acids is 1. The number of fused-ring (bicyclic) bond motifs is 1. The Hall–Kier alpha value is -3.42. The van der Waals surface area contributed by atoms with Gasteiger partial charge in [-0.3, -0.25) is 9.78 Å². The number of rotatable bonds is 4. The summed E-state index contributed by atoms with van der Waals surface area (Å²) in [6.07, 6.45) is 1.81. The largest absolute Gasteiger partial charge is 0.505 e. The van der Waals surface area contributed by atoms with Crippen molar-refractivity contribution in [1.82, 2.24) is 9.55 Å². The van der Waals surface area contributed by atoms with Crippen LogP contribution in [-0.2, 0) is 13.5 Å². The van der Waals surface area contributed by atoms with Crippen LogP contribution in [0.2, 0.25) is 0 Å². The van der Waals surface area contributed by atoms with E-state index < -0.39 is 28.7 Å². The summed E-state index contributed by atoms with van der Waals surface area (Å²) < 4.78 is 19.6. The maximum Gasteiger partial charge on any atom is 0.345 e. The van der Waals surface area contributed by atoms with E-state index >= 15 is 0 Å². The Morgan fingerprint density at radius 2 is 2.08 bits per heavy atom. The van der Waals surface area contributed by atoms with Gasteiger partial charge >= 0.3 is 5.97 Å². The van der Waals surface area contributed by atoms with Gasteiger partial charge in [0.1, 0.15) is 17.1 Å². The van der Waals surface area contributed by atoms with Crippen molar-refractivity contribution >= 4 is 17.0 Å². The van der Waals surface area contributed by atoms with Crippen molar-refractivity contribution in [2.24, 2.45) is 7.05 Å². The van der Waals surface area contributed by atoms with Crippen molar-refractivity contribution < 1.29 is 24.1 Å². The first-order chi connectivity index (χ1) is 12.3. The summed E-state index contributed by atoms with van der Waals surface area (Å²) >= 11 is 0. The predicted octanol–water partition coefficient (Wildman–Crippen LogP) is 2.08. The number of hydrogen-bond donors (Lipinski definition) is 2. The van der Waals surface area contributed by atoms with Crippen LogP contribution in [0, 0.1) is 5.82 Å². The first-order valence-electron chi connectivity index (χ1n) is 7.59. The first kappa shape index (κ1) is 17.4. The van der Waals surface area contributed by atoms with E-state index in [1.54, 1.807) is 12.1 Å². The highest BCUT2D eigenvalue weighted by molar-refractivity contribution is 5.97. The molecule has 3 aromatic rings. The van der Waals surface area contributed by atoms with Gasteiger partial charge in [-0.25, -0.2) is 9.18 Å². The molecule has 7 nitrogen and oxygen atoms in total. The van der Waals surface area contributed by atoms with Gasteiger partial charge in [0, 0.05) is 25.7 Å². The lowest BCUT2D eigenvalue weighted by atomic mass is 10.0.